The number of carbonyl (C=O) groups excluding carboxylic acids is 1. The summed E-state index contributed by atoms with van der Waals surface area (Å²) in [5.41, 5.74) is 1.36. The van der Waals surface area contributed by atoms with E-state index >= 15 is 0 Å². The standard InChI is InChI=1S/C17H19N3O3/c1-11-9-14(20-17(22)19-11)16(21)18-10-13-7-8-23-15(13)12-5-3-2-4-6-12/h2-6,9,13,15H,7-8,10H2,1H3,(H,18,21)(H,19,20,22)/t13-,15-/m0/s1. The van der Waals surface area contributed by atoms with Gasteiger partial charge in [-0.15, -0.1) is 0 Å². The molecule has 23 heavy (non-hydrogen) atoms. The van der Waals surface area contributed by atoms with Crippen LogP contribution in [0.1, 0.15) is 34.3 Å². The third kappa shape index (κ3) is 3.65. The van der Waals surface area contributed by atoms with Gasteiger partial charge in [-0.3, -0.25) is 4.79 Å². The highest BCUT2D eigenvalue weighted by Crippen LogP contribution is 2.33. The second kappa shape index (κ2) is 6.75. The highest BCUT2D eigenvalue weighted by atomic mass is 16.5. The van der Waals surface area contributed by atoms with Gasteiger partial charge in [0.15, 0.2) is 0 Å². The second-order valence-electron chi connectivity index (χ2n) is 5.72. The molecule has 0 saturated carbocycles. The largest absolute Gasteiger partial charge is 0.373 e. The molecule has 6 heteroatoms. The van der Waals surface area contributed by atoms with E-state index in [-0.39, 0.29) is 23.6 Å². The van der Waals surface area contributed by atoms with Crippen LogP contribution in [0.2, 0.25) is 0 Å². The number of nitrogens with zero attached hydrogens (tertiary/aromatic N) is 1. The zero-order valence-electron chi connectivity index (χ0n) is 12.9. The number of aromatic amines is 1. The molecule has 3 rings (SSSR count). The van der Waals surface area contributed by atoms with Crippen LogP contribution >= 0.6 is 0 Å². The molecule has 2 N–H and O–H groups in total. The first-order valence-electron chi connectivity index (χ1n) is 7.66. The highest BCUT2D eigenvalue weighted by Gasteiger charge is 2.29. The van der Waals surface area contributed by atoms with Crippen molar-refractivity contribution in [2.45, 2.75) is 19.4 Å². The summed E-state index contributed by atoms with van der Waals surface area (Å²) < 4.78 is 5.81. The number of rotatable bonds is 4. The molecule has 2 aromatic rings. The van der Waals surface area contributed by atoms with Crippen LogP contribution in [0.4, 0.5) is 0 Å². The van der Waals surface area contributed by atoms with E-state index < -0.39 is 5.69 Å². The van der Waals surface area contributed by atoms with Crippen molar-refractivity contribution < 1.29 is 9.53 Å². The molecule has 1 saturated heterocycles. The minimum Gasteiger partial charge on any atom is -0.373 e. The summed E-state index contributed by atoms with van der Waals surface area (Å²) >= 11 is 0. The maximum Gasteiger partial charge on any atom is 0.345 e. The third-order valence-corrected chi connectivity index (χ3v) is 3.98. The van der Waals surface area contributed by atoms with Gasteiger partial charge >= 0.3 is 5.69 Å². The van der Waals surface area contributed by atoms with Crippen LogP contribution in [-0.4, -0.2) is 29.0 Å². The van der Waals surface area contributed by atoms with Gasteiger partial charge in [-0.1, -0.05) is 30.3 Å². The minimum atomic E-state index is -0.512. The number of amides is 1. The maximum absolute atomic E-state index is 12.2. The van der Waals surface area contributed by atoms with Gasteiger partial charge in [0.05, 0.1) is 6.10 Å². The summed E-state index contributed by atoms with van der Waals surface area (Å²) in [7, 11) is 0. The number of hydrogen-bond acceptors (Lipinski definition) is 4. The van der Waals surface area contributed by atoms with Crippen LogP contribution < -0.4 is 11.0 Å². The Balaban J connectivity index is 1.65. The normalized spacial score (nSPS) is 20.4. The number of hydrogen-bond donors (Lipinski definition) is 2. The van der Waals surface area contributed by atoms with Crippen molar-refractivity contribution >= 4 is 5.91 Å². The number of carbonyl (C=O) groups is 1. The van der Waals surface area contributed by atoms with Gasteiger partial charge in [-0.25, -0.2) is 4.79 Å². The Hall–Kier alpha value is -2.47. The molecule has 6 nitrogen and oxygen atoms in total. The van der Waals surface area contributed by atoms with E-state index in [2.05, 4.69) is 15.3 Å². The average Bonchev–Trinajstić information content (AvgIpc) is 3.01. The van der Waals surface area contributed by atoms with Gasteiger partial charge in [-0.2, -0.15) is 4.98 Å². The first-order valence-corrected chi connectivity index (χ1v) is 7.66. The summed E-state index contributed by atoms with van der Waals surface area (Å²) in [5.74, 6) is -0.123. The summed E-state index contributed by atoms with van der Waals surface area (Å²) in [4.78, 5) is 29.8. The molecule has 120 valence electrons. The number of ether oxygens (including phenoxy) is 1. The molecule has 1 amide bonds. The molecule has 0 aliphatic carbocycles. The van der Waals surface area contributed by atoms with Crippen LogP contribution in [0, 0.1) is 12.8 Å². The molecule has 2 atom stereocenters. The van der Waals surface area contributed by atoms with Crippen LogP contribution in [0.15, 0.2) is 41.2 Å². The van der Waals surface area contributed by atoms with E-state index in [1.807, 2.05) is 30.3 Å². The van der Waals surface area contributed by atoms with Crippen LogP contribution in [0.3, 0.4) is 0 Å². The van der Waals surface area contributed by atoms with Gasteiger partial charge in [0.1, 0.15) is 5.69 Å². The van der Waals surface area contributed by atoms with E-state index in [1.54, 1.807) is 13.0 Å². The van der Waals surface area contributed by atoms with E-state index in [9.17, 15) is 9.59 Å². The monoisotopic (exact) mass is 313 g/mol. The molecule has 0 spiro atoms. The Kier molecular flexibility index (Phi) is 4.52. The molecular weight excluding hydrogens is 294 g/mol. The summed E-state index contributed by atoms with van der Waals surface area (Å²) in [5, 5.41) is 2.86. The number of H-pyrrole nitrogens is 1. The Morgan fingerprint density at radius 3 is 2.91 bits per heavy atom. The SMILES string of the molecule is Cc1cc(C(=O)NC[C@@H]2CCO[C@H]2c2ccccc2)nc(=O)[nH]1. The zero-order valence-corrected chi connectivity index (χ0v) is 12.9. The van der Waals surface area contributed by atoms with Crippen molar-refractivity contribution in [3.63, 3.8) is 0 Å². The Labute approximate surface area is 133 Å². The Morgan fingerprint density at radius 1 is 1.39 bits per heavy atom. The topological polar surface area (TPSA) is 84.1 Å². The fourth-order valence-corrected chi connectivity index (χ4v) is 2.86. The third-order valence-electron chi connectivity index (χ3n) is 3.98. The first-order chi connectivity index (χ1) is 11.1. The molecule has 1 aromatic carbocycles. The molecule has 1 fully saturated rings. The molecule has 0 radical (unpaired) electrons. The molecule has 0 bridgehead atoms. The van der Waals surface area contributed by atoms with Crippen molar-refractivity contribution in [1.29, 1.82) is 0 Å². The lowest BCUT2D eigenvalue weighted by molar-refractivity contribution is 0.0843. The van der Waals surface area contributed by atoms with Gasteiger partial charge in [0, 0.05) is 24.8 Å². The minimum absolute atomic E-state index is 0.00892. The molecule has 1 aliphatic rings. The van der Waals surface area contributed by atoms with Crippen molar-refractivity contribution in [2.24, 2.45) is 5.92 Å². The molecule has 2 heterocycles. The van der Waals surface area contributed by atoms with Crippen LogP contribution in [0.5, 0.6) is 0 Å². The lowest BCUT2D eigenvalue weighted by Gasteiger charge is -2.19. The number of aromatic nitrogens is 2. The van der Waals surface area contributed by atoms with E-state index in [4.69, 9.17) is 4.74 Å². The van der Waals surface area contributed by atoms with Gasteiger partial charge < -0.3 is 15.0 Å². The summed E-state index contributed by atoms with van der Waals surface area (Å²) in [6.07, 6.45) is 0.882. The van der Waals surface area contributed by atoms with Crippen LogP contribution in [0.25, 0.3) is 0 Å². The fraction of sp³-hybridized carbons (Fsp3) is 0.353. The van der Waals surface area contributed by atoms with Crippen molar-refractivity contribution in [3.8, 4) is 0 Å². The summed E-state index contributed by atoms with van der Waals surface area (Å²) in [6, 6.07) is 11.6. The van der Waals surface area contributed by atoms with E-state index in [0.717, 1.165) is 12.0 Å². The van der Waals surface area contributed by atoms with Crippen molar-refractivity contribution in [3.05, 3.63) is 63.8 Å². The zero-order chi connectivity index (χ0) is 16.2. The number of aryl methyl sites for hydroxylation is 1. The van der Waals surface area contributed by atoms with Gasteiger partial charge in [-0.05, 0) is 25.0 Å². The predicted molar refractivity (Wildman–Crippen MR) is 85.2 cm³/mol. The Bertz CT molecular complexity index is 742. The first kappa shape index (κ1) is 15.4. The summed E-state index contributed by atoms with van der Waals surface area (Å²) in [6.45, 7) is 2.89. The maximum atomic E-state index is 12.2. The molecular formula is C17H19N3O3. The van der Waals surface area contributed by atoms with Crippen LogP contribution in [-0.2, 0) is 4.74 Å². The lowest BCUT2D eigenvalue weighted by atomic mass is 9.95. The molecule has 1 aliphatic heterocycles. The van der Waals surface area contributed by atoms with E-state index in [1.165, 1.54) is 0 Å². The number of nitrogens with one attached hydrogen (secondary N) is 2. The Morgan fingerprint density at radius 2 is 2.17 bits per heavy atom. The highest BCUT2D eigenvalue weighted by molar-refractivity contribution is 5.92. The van der Waals surface area contributed by atoms with Gasteiger partial charge in [0.25, 0.3) is 5.91 Å². The quantitative estimate of drug-likeness (QED) is 0.897. The molecule has 1 aromatic heterocycles. The van der Waals surface area contributed by atoms with Gasteiger partial charge in [0.2, 0.25) is 0 Å². The van der Waals surface area contributed by atoms with Crippen molar-refractivity contribution in [2.75, 3.05) is 13.2 Å². The second-order valence-corrected chi connectivity index (χ2v) is 5.72. The predicted octanol–water partition coefficient (Wildman–Crippen LogP) is 1.59. The fourth-order valence-electron chi connectivity index (χ4n) is 2.86. The number of benzene rings is 1. The smallest absolute Gasteiger partial charge is 0.345 e. The lowest BCUT2D eigenvalue weighted by Crippen LogP contribution is -2.32. The molecule has 0 unspecified atom stereocenters. The average molecular weight is 313 g/mol. The van der Waals surface area contributed by atoms with E-state index in [0.29, 0.717) is 18.8 Å². The van der Waals surface area contributed by atoms with Crippen molar-refractivity contribution in [1.82, 2.24) is 15.3 Å².